The average Bonchev–Trinajstić information content (AvgIpc) is 3.01. The zero-order chi connectivity index (χ0) is 25.8. The minimum absolute atomic E-state index is 0.621. The van der Waals surface area contributed by atoms with E-state index in [2.05, 4.69) is 133 Å². The summed E-state index contributed by atoms with van der Waals surface area (Å²) >= 11 is 0. The third-order valence-corrected chi connectivity index (χ3v) is 8.01. The molecule has 184 valence electrons. The Morgan fingerprint density at radius 1 is 0.333 bits per heavy atom. The van der Waals surface area contributed by atoms with Crippen molar-refractivity contribution < 1.29 is 9.47 Å². The van der Waals surface area contributed by atoms with Crippen LogP contribution in [0.25, 0.3) is 22.3 Å². The van der Waals surface area contributed by atoms with Gasteiger partial charge in [-0.3, -0.25) is 0 Å². The SMILES string of the molecule is c1ccc(-c2cccc3c2Oc2ccccc2C32c3ccccc3Oc3c(-c4ccccc4)cccc32)cc1. The summed E-state index contributed by atoms with van der Waals surface area (Å²) in [6.07, 6.45) is 0. The van der Waals surface area contributed by atoms with Gasteiger partial charge in [0.05, 0.1) is 5.41 Å². The summed E-state index contributed by atoms with van der Waals surface area (Å²) in [5.41, 5.74) is 8.25. The first-order valence-corrected chi connectivity index (χ1v) is 13.3. The number of hydrogen-bond donors (Lipinski definition) is 0. The Morgan fingerprint density at radius 3 is 1.18 bits per heavy atom. The lowest BCUT2D eigenvalue weighted by Crippen LogP contribution is -2.37. The van der Waals surface area contributed by atoms with Crippen molar-refractivity contribution in [1.29, 1.82) is 0 Å². The van der Waals surface area contributed by atoms with E-state index in [4.69, 9.17) is 9.47 Å². The van der Waals surface area contributed by atoms with Crippen molar-refractivity contribution in [2.24, 2.45) is 0 Å². The summed E-state index contributed by atoms with van der Waals surface area (Å²) < 4.78 is 13.6. The molecule has 6 aromatic carbocycles. The van der Waals surface area contributed by atoms with Gasteiger partial charge in [-0.2, -0.15) is 0 Å². The van der Waals surface area contributed by atoms with Crippen LogP contribution in [-0.2, 0) is 5.41 Å². The van der Waals surface area contributed by atoms with Gasteiger partial charge in [-0.1, -0.05) is 133 Å². The van der Waals surface area contributed by atoms with Gasteiger partial charge < -0.3 is 9.47 Å². The van der Waals surface area contributed by atoms with Crippen LogP contribution in [0.1, 0.15) is 22.3 Å². The number of benzene rings is 6. The molecule has 0 aromatic heterocycles. The second kappa shape index (κ2) is 8.47. The third-order valence-electron chi connectivity index (χ3n) is 8.01. The summed E-state index contributed by atoms with van der Waals surface area (Å²) in [4.78, 5) is 0. The van der Waals surface area contributed by atoms with Crippen LogP contribution in [0.5, 0.6) is 23.0 Å². The lowest BCUT2D eigenvalue weighted by Gasteiger charge is -2.45. The first kappa shape index (κ1) is 22.0. The van der Waals surface area contributed by atoms with Crippen LogP contribution in [-0.4, -0.2) is 0 Å². The van der Waals surface area contributed by atoms with E-state index in [1.165, 1.54) is 0 Å². The van der Waals surface area contributed by atoms with Crippen LogP contribution in [0.3, 0.4) is 0 Å². The van der Waals surface area contributed by atoms with Crippen LogP contribution >= 0.6 is 0 Å². The summed E-state index contributed by atoms with van der Waals surface area (Å²) in [5.74, 6) is 3.49. The van der Waals surface area contributed by atoms with E-state index in [9.17, 15) is 0 Å². The van der Waals surface area contributed by atoms with E-state index in [0.29, 0.717) is 0 Å². The second-order valence-corrected chi connectivity index (χ2v) is 10.0. The van der Waals surface area contributed by atoms with Gasteiger partial charge in [-0.05, 0) is 23.3 Å². The standard InChI is InChI=1S/C37H24O2/c1-3-13-25(14-4-1)27-17-11-21-31-35(27)38-33-23-9-7-19-29(33)37(31)30-20-8-10-24-34(30)39-36-28(18-12-22-32(36)37)26-15-5-2-6-16-26/h1-24H. The molecule has 0 unspecified atom stereocenters. The molecule has 0 atom stereocenters. The van der Waals surface area contributed by atoms with Gasteiger partial charge in [0.1, 0.15) is 23.0 Å². The fourth-order valence-electron chi connectivity index (χ4n) is 6.40. The minimum Gasteiger partial charge on any atom is -0.456 e. The van der Waals surface area contributed by atoms with Crippen LogP contribution in [0.2, 0.25) is 0 Å². The van der Waals surface area contributed by atoms with Gasteiger partial charge >= 0.3 is 0 Å². The molecule has 1 spiro atoms. The molecule has 0 saturated heterocycles. The Balaban J connectivity index is 1.53. The predicted molar refractivity (Wildman–Crippen MR) is 156 cm³/mol. The Bertz CT molecular complexity index is 1720. The van der Waals surface area contributed by atoms with E-state index in [1.54, 1.807) is 0 Å². The van der Waals surface area contributed by atoms with Crippen LogP contribution in [0.4, 0.5) is 0 Å². The summed E-state index contributed by atoms with van der Waals surface area (Å²) in [6, 6.07) is 50.9. The number of para-hydroxylation sites is 4. The van der Waals surface area contributed by atoms with Crippen LogP contribution in [0, 0.1) is 0 Å². The van der Waals surface area contributed by atoms with E-state index < -0.39 is 5.41 Å². The highest BCUT2D eigenvalue weighted by molar-refractivity contribution is 5.84. The highest BCUT2D eigenvalue weighted by Gasteiger charge is 2.51. The monoisotopic (exact) mass is 500 g/mol. The van der Waals surface area contributed by atoms with Gasteiger partial charge in [-0.25, -0.2) is 0 Å². The van der Waals surface area contributed by atoms with Gasteiger partial charge in [0, 0.05) is 33.4 Å². The number of hydrogen-bond acceptors (Lipinski definition) is 2. The van der Waals surface area contributed by atoms with Crippen LogP contribution in [0.15, 0.2) is 146 Å². The molecule has 0 fully saturated rings. The minimum atomic E-state index is -0.621. The summed E-state index contributed by atoms with van der Waals surface area (Å²) in [6.45, 7) is 0. The summed E-state index contributed by atoms with van der Waals surface area (Å²) in [7, 11) is 0. The third kappa shape index (κ3) is 3.09. The van der Waals surface area contributed by atoms with Crippen molar-refractivity contribution in [2.75, 3.05) is 0 Å². The van der Waals surface area contributed by atoms with E-state index in [-0.39, 0.29) is 0 Å². The van der Waals surface area contributed by atoms with Crippen molar-refractivity contribution in [3.8, 4) is 45.3 Å². The normalized spacial score (nSPS) is 13.7. The smallest absolute Gasteiger partial charge is 0.140 e. The molecule has 8 rings (SSSR count). The topological polar surface area (TPSA) is 18.5 Å². The van der Waals surface area contributed by atoms with Crippen molar-refractivity contribution in [2.45, 2.75) is 5.41 Å². The molecule has 2 aliphatic heterocycles. The lowest BCUT2D eigenvalue weighted by atomic mass is 9.61. The molecular weight excluding hydrogens is 476 g/mol. The number of fused-ring (bicyclic) bond motifs is 8. The molecule has 0 saturated carbocycles. The fraction of sp³-hybridized carbons (Fsp3) is 0.0270. The largest absolute Gasteiger partial charge is 0.456 e. The number of rotatable bonds is 2. The van der Waals surface area contributed by atoms with Crippen molar-refractivity contribution in [3.63, 3.8) is 0 Å². The lowest BCUT2D eigenvalue weighted by molar-refractivity contribution is 0.401. The molecule has 2 heterocycles. The highest BCUT2D eigenvalue weighted by atomic mass is 16.5. The van der Waals surface area contributed by atoms with Crippen molar-refractivity contribution in [1.82, 2.24) is 0 Å². The zero-order valence-electron chi connectivity index (χ0n) is 21.2. The maximum atomic E-state index is 6.79. The molecule has 2 nitrogen and oxygen atoms in total. The van der Waals surface area contributed by atoms with E-state index in [0.717, 1.165) is 67.5 Å². The predicted octanol–water partition coefficient (Wildman–Crippen LogP) is 9.61. The molecule has 39 heavy (non-hydrogen) atoms. The van der Waals surface area contributed by atoms with E-state index >= 15 is 0 Å². The van der Waals surface area contributed by atoms with Crippen LogP contribution < -0.4 is 9.47 Å². The maximum absolute atomic E-state index is 6.79. The second-order valence-electron chi connectivity index (χ2n) is 10.0. The Kier molecular flexibility index (Phi) is 4.77. The Hall–Kier alpha value is -5.08. The highest BCUT2D eigenvalue weighted by Crippen LogP contribution is 2.63. The summed E-state index contributed by atoms with van der Waals surface area (Å²) in [5, 5.41) is 0. The Morgan fingerprint density at radius 2 is 0.718 bits per heavy atom. The quantitative estimate of drug-likeness (QED) is 0.235. The molecular formula is C37H24O2. The molecule has 6 aromatic rings. The fourth-order valence-corrected chi connectivity index (χ4v) is 6.40. The van der Waals surface area contributed by atoms with Gasteiger partial charge in [0.25, 0.3) is 0 Å². The van der Waals surface area contributed by atoms with Crippen molar-refractivity contribution in [3.05, 3.63) is 168 Å². The Labute approximate surface area is 227 Å². The first-order valence-electron chi connectivity index (χ1n) is 13.3. The van der Waals surface area contributed by atoms with Crippen molar-refractivity contribution >= 4 is 0 Å². The molecule has 2 heteroatoms. The average molecular weight is 501 g/mol. The first-order chi connectivity index (χ1) is 19.4. The van der Waals surface area contributed by atoms with E-state index in [1.807, 2.05) is 12.1 Å². The molecule has 2 aliphatic rings. The molecule has 0 aliphatic carbocycles. The van der Waals surface area contributed by atoms with Gasteiger partial charge in [-0.15, -0.1) is 0 Å². The molecule has 0 radical (unpaired) electrons. The number of ether oxygens (including phenoxy) is 2. The maximum Gasteiger partial charge on any atom is 0.140 e. The van der Waals surface area contributed by atoms with Gasteiger partial charge in [0.2, 0.25) is 0 Å². The molecule has 0 N–H and O–H groups in total. The molecule has 0 amide bonds. The molecule has 0 bridgehead atoms. The van der Waals surface area contributed by atoms with Gasteiger partial charge in [0.15, 0.2) is 0 Å². The zero-order valence-corrected chi connectivity index (χ0v) is 21.2.